The lowest BCUT2D eigenvalue weighted by Gasteiger charge is -2.08. The molecule has 0 saturated heterocycles. The molecular formula is C22H33N5O5. The Bertz CT molecular complexity index is 805. The summed E-state index contributed by atoms with van der Waals surface area (Å²) >= 11 is 0. The molecule has 0 aliphatic carbocycles. The second kappa shape index (κ2) is 16.4. The van der Waals surface area contributed by atoms with E-state index in [1.165, 1.54) is 12.0 Å². The van der Waals surface area contributed by atoms with Gasteiger partial charge in [-0.15, -0.1) is 0 Å². The van der Waals surface area contributed by atoms with Gasteiger partial charge in [-0.2, -0.15) is 9.97 Å². The molecule has 1 aromatic carbocycles. The number of rotatable bonds is 13. The normalized spacial score (nSPS) is 9.97. The highest BCUT2D eigenvalue weighted by atomic mass is 16.6. The molecule has 1 aromatic heterocycles. The Morgan fingerprint density at radius 1 is 1.16 bits per heavy atom. The summed E-state index contributed by atoms with van der Waals surface area (Å²) in [6.07, 6.45) is 4.02. The SMILES string of the molecule is CCCCOc1ncc([N+](=O)[O-])c(NCC(=O)OCC)n1.CCCNCc1ccccc1. The van der Waals surface area contributed by atoms with Gasteiger partial charge in [0.2, 0.25) is 5.82 Å². The van der Waals surface area contributed by atoms with Crippen molar-refractivity contribution in [2.24, 2.45) is 0 Å². The van der Waals surface area contributed by atoms with E-state index >= 15 is 0 Å². The first-order chi connectivity index (χ1) is 15.5. The third-order valence-corrected chi connectivity index (χ3v) is 3.98. The molecule has 0 spiro atoms. The molecule has 32 heavy (non-hydrogen) atoms. The van der Waals surface area contributed by atoms with Crippen LogP contribution in [0.5, 0.6) is 6.01 Å². The fourth-order valence-electron chi connectivity index (χ4n) is 2.37. The monoisotopic (exact) mass is 447 g/mol. The van der Waals surface area contributed by atoms with Gasteiger partial charge in [0.1, 0.15) is 12.7 Å². The number of unbranched alkanes of at least 4 members (excludes halogenated alkanes) is 1. The number of nitrogens with one attached hydrogen (secondary N) is 2. The van der Waals surface area contributed by atoms with Gasteiger partial charge in [0.15, 0.2) is 0 Å². The fraction of sp³-hybridized carbons (Fsp3) is 0.500. The molecule has 10 nitrogen and oxygen atoms in total. The fourth-order valence-corrected chi connectivity index (χ4v) is 2.37. The second-order valence-corrected chi connectivity index (χ2v) is 6.67. The molecule has 176 valence electrons. The highest BCUT2D eigenvalue weighted by Gasteiger charge is 2.18. The minimum absolute atomic E-state index is 0.0282. The summed E-state index contributed by atoms with van der Waals surface area (Å²) in [5.74, 6) is -0.603. The summed E-state index contributed by atoms with van der Waals surface area (Å²) in [5.41, 5.74) is 1.03. The van der Waals surface area contributed by atoms with Crippen molar-refractivity contribution in [1.29, 1.82) is 0 Å². The van der Waals surface area contributed by atoms with Gasteiger partial charge in [-0.05, 0) is 31.9 Å². The third-order valence-electron chi connectivity index (χ3n) is 3.98. The zero-order chi connectivity index (χ0) is 23.6. The lowest BCUT2D eigenvalue weighted by Crippen LogP contribution is -2.18. The molecule has 0 unspecified atom stereocenters. The van der Waals surface area contributed by atoms with E-state index < -0.39 is 10.9 Å². The van der Waals surface area contributed by atoms with Crippen molar-refractivity contribution in [3.8, 4) is 6.01 Å². The van der Waals surface area contributed by atoms with Crippen molar-refractivity contribution in [2.75, 3.05) is 31.6 Å². The van der Waals surface area contributed by atoms with Gasteiger partial charge in [0.25, 0.3) is 0 Å². The Balaban J connectivity index is 0.000000389. The number of carbonyl (C=O) groups is 1. The summed E-state index contributed by atoms with van der Waals surface area (Å²) in [6, 6.07) is 10.5. The zero-order valence-corrected chi connectivity index (χ0v) is 19.0. The highest BCUT2D eigenvalue weighted by molar-refractivity contribution is 5.75. The van der Waals surface area contributed by atoms with Gasteiger partial charge in [-0.1, -0.05) is 50.6 Å². The van der Waals surface area contributed by atoms with Gasteiger partial charge in [-0.25, -0.2) is 0 Å². The first kappa shape index (κ1) is 26.8. The molecule has 0 aliphatic heterocycles. The number of nitro groups is 1. The summed E-state index contributed by atoms with van der Waals surface area (Å²) in [7, 11) is 0. The number of ether oxygens (including phenoxy) is 2. The number of aromatic nitrogens is 2. The van der Waals surface area contributed by atoms with Crippen LogP contribution in [0.15, 0.2) is 36.5 Å². The van der Waals surface area contributed by atoms with E-state index in [0.29, 0.717) is 6.61 Å². The number of hydrogen-bond donors (Lipinski definition) is 2. The van der Waals surface area contributed by atoms with Crippen LogP contribution in [0.25, 0.3) is 0 Å². The van der Waals surface area contributed by atoms with Crippen LogP contribution in [-0.4, -0.2) is 47.2 Å². The summed E-state index contributed by atoms with van der Waals surface area (Å²) in [6.45, 7) is 8.39. The van der Waals surface area contributed by atoms with Gasteiger partial charge in [-0.3, -0.25) is 14.9 Å². The molecule has 1 heterocycles. The van der Waals surface area contributed by atoms with E-state index in [1.807, 2.05) is 13.0 Å². The van der Waals surface area contributed by atoms with Crippen LogP contribution >= 0.6 is 0 Å². The first-order valence-electron chi connectivity index (χ1n) is 10.8. The predicted octanol–water partition coefficient (Wildman–Crippen LogP) is 3.72. The van der Waals surface area contributed by atoms with Crippen molar-refractivity contribution in [3.05, 3.63) is 52.2 Å². The van der Waals surface area contributed by atoms with Crippen LogP contribution in [0, 0.1) is 10.1 Å². The van der Waals surface area contributed by atoms with Crippen LogP contribution in [0.2, 0.25) is 0 Å². The number of nitrogens with zero attached hydrogens (tertiary/aromatic N) is 3. The predicted molar refractivity (Wildman–Crippen MR) is 123 cm³/mol. The number of hydrogen-bond acceptors (Lipinski definition) is 9. The maximum absolute atomic E-state index is 11.3. The average Bonchev–Trinajstić information content (AvgIpc) is 2.79. The highest BCUT2D eigenvalue weighted by Crippen LogP contribution is 2.22. The third kappa shape index (κ3) is 11.2. The molecule has 0 aliphatic rings. The maximum atomic E-state index is 11.3. The van der Waals surface area contributed by atoms with Crippen molar-refractivity contribution in [2.45, 2.75) is 46.6 Å². The quantitative estimate of drug-likeness (QED) is 0.204. The van der Waals surface area contributed by atoms with Crippen LogP contribution in [0.4, 0.5) is 11.5 Å². The Morgan fingerprint density at radius 3 is 2.53 bits per heavy atom. The number of esters is 1. The van der Waals surface area contributed by atoms with Gasteiger partial charge in [0, 0.05) is 6.54 Å². The van der Waals surface area contributed by atoms with E-state index in [9.17, 15) is 14.9 Å². The molecule has 0 radical (unpaired) electrons. The molecule has 0 bridgehead atoms. The second-order valence-electron chi connectivity index (χ2n) is 6.67. The smallest absolute Gasteiger partial charge is 0.329 e. The summed E-state index contributed by atoms with van der Waals surface area (Å²) in [5, 5.41) is 16.8. The average molecular weight is 448 g/mol. The molecule has 0 atom stereocenters. The van der Waals surface area contributed by atoms with Crippen LogP contribution < -0.4 is 15.4 Å². The number of anilines is 1. The zero-order valence-electron chi connectivity index (χ0n) is 19.0. The van der Waals surface area contributed by atoms with E-state index in [0.717, 1.165) is 32.1 Å². The minimum Gasteiger partial charge on any atom is -0.465 e. The van der Waals surface area contributed by atoms with Crippen LogP contribution in [0.1, 0.15) is 45.6 Å². The number of benzene rings is 1. The van der Waals surface area contributed by atoms with Crippen molar-refractivity contribution in [3.63, 3.8) is 0 Å². The molecule has 0 saturated carbocycles. The maximum Gasteiger partial charge on any atom is 0.329 e. The largest absolute Gasteiger partial charge is 0.465 e. The Morgan fingerprint density at radius 2 is 1.91 bits per heavy atom. The molecule has 0 fully saturated rings. The molecular weight excluding hydrogens is 414 g/mol. The van der Waals surface area contributed by atoms with E-state index in [1.54, 1.807) is 6.92 Å². The summed E-state index contributed by atoms with van der Waals surface area (Å²) < 4.78 is 10.0. The lowest BCUT2D eigenvalue weighted by molar-refractivity contribution is -0.384. The summed E-state index contributed by atoms with van der Waals surface area (Å²) in [4.78, 5) is 29.2. The van der Waals surface area contributed by atoms with Gasteiger partial charge in [0.05, 0.1) is 18.1 Å². The van der Waals surface area contributed by atoms with Gasteiger partial charge >= 0.3 is 17.7 Å². The van der Waals surface area contributed by atoms with Gasteiger partial charge < -0.3 is 20.1 Å². The Labute approximate surface area is 188 Å². The van der Waals surface area contributed by atoms with Crippen LogP contribution in [-0.2, 0) is 16.1 Å². The number of carbonyl (C=O) groups excluding carboxylic acids is 1. The van der Waals surface area contributed by atoms with E-state index in [2.05, 4.69) is 51.8 Å². The van der Waals surface area contributed by atoms with Crippen molar-refractivity contribution in [1.82, 2.24) is 15.3 Å². The van der Waals surface area contributed by atoms with E-state index in [-0.39, 0.29) is 30.7 Å². The minimum atomic E-state index is -0.636. The molecule has 10 heteroatoms. The topological polar surface area (TPSA) is 129 Å². The molecule has 2 aromatic rings. The van der Waals surface area contributed by atoms with Crippen molar-refractivity contribution < 1.29 is 19.2 Å². The van der Waals surface area contributed by atoms with Crippen LogP contribution in [0.3, 0.4) is 0 Å². The molecule has 2 N–H and O–H groups in total. The lowest BCUT2D eigenvalue weighted by atomic mass is 10.2. The van der Waals surface area contributed by atoms with E-state index in [4.69, 9.17) is 9.47 Å². The molecule has 2 rings (SSSR count). The van der Waals surface area contributed by atoms with Crippen molar-refractivity contribution >= 4 is 17.5 Å². The molecule has 0 amide bonds. The Hall–Kier alpha value is -3.27. The first-order valence-corrected chi connectivity index (χ1v) is 10.8. The Kier molecular flexibility index (Phi) is 13.7. The standard InChI is InChI=1S/C12H18N4O5.C10H15N/c1-3-5-6-21-12-14-7-9(16(18)19)11(15-12)13-8-10(17)20-4-2;1-2-8-11-9-10-6-4-3-5-7-10/h7H,3-6,8H2,1-2H3,(H,13,14,15);3-7,11H,2,8-9H2,1H3.